The first kappa shape index (κ1) is 18.1. The summed E-state index contributed by atoms with van der Waals surface area (Å²) in [4.78, 5) is 21.1. The number of guanidine groups is 1. The molecule has 0 aromatic heterocycles. The van der Waals surface area contributed by atoms with E-state index in [1.54, 1.807) is 0 Å². The molecule has 2 atom stereocenters. The largest absolute Gasteiger partial charge is 0.353 e. The molecule has 4 fully saturated rings. The number of hydrogen-bond acceptors (Lipinski definition) is 3. The van der Waals surface area contributed by atoms with Gasteiger partial charge in [0, 0.05) is 45.3 Å². The lowest BCUT2D eigenvalue weighted by molar-refractivity contribution is -0.122. The second-order valence-electron chi connectivity index (χ2n) is 8.70. The molecule has 4 rings (SSSR count). The minimum atomic E-state index is 0.191. The van der Waals surface area contributed by atoms with Crippen molar-refractivity contribution in [3.63, 3.8) is 0 Å². The van der Waals surface area contributed by atoms with Crippen LogP contribution in [0.5, 0.6) is 0 Å². The van der Waals surface area contributed by atoms with E-state index in [2.05, 4.69) is 25.4 Å². The summed E-state index contributed by atoms with van der Waals surface area (Å²) in [6.45, 7) is 4.34. The van der Waals surface area contributed by atoms with Gasteiger partial charge in [-0.3, -0.25) is 14.7 Å². The fraction of sp³-hybridized carbons (Fsp3) is 0.900. The smallest absolute Gasteiger partial charge is 0.234 e. The van der Waals surface area contributed by atoms with Crippen LogP contribution in [0.3, 0.4) is 0 Å². The van der Waals surface area contributed by atoms with Crippen molar-refractivity contribution in [2.24, 2.45) is 16.8 Å². The van der Waals surface area contributed by atoms with Crippen LogP contribution in [0.25, 0.3) is 0 Å². The Bertz CT molecular complexity index is 518. The van der Waals surface area contributed by atoms with Gasteiger partial charge in [0.1, 0.15) is 0 Å². The van der Waals surface area contributed by atoms with E-state index < -0.39 is 0 Å². The predicted molar refractivity (Wildman–Crippen MR) is 104 cm³/mol. The number of amides is 1. The maximum absolute atomic E-state index is 12.0. The highest BCUT2D eigenvalue weighted by atomic mass is 16.2. The molecule has 3 aliphatic carbocycles. The summed E-state index contributed by atoms with van der Waals surface area (Å²) < 4.78 is 0. The highest BCUT2D eigenvalue weighted by Gasteiger charge is 2.43. The Balaban J connectivity index is 1.18. The van der Waals surface area contributed by atoms with Crippen LogP contribution in [0.2, 0.25) is 0 Å². The van der Waals surface area contributed by atoms with Crippen molar-refractivity contribution in [3.8, 4) is 0 Å². The van der Waals surface area contributed by atoms with Gasteiger partial charge >= 0.3 is 0 Å². The molecule has 0 aromatic carbocycles. The molecule has 2 N–H and O–H groups in total. The third-order valence-electron chi connectivity index (χ3n) is 6.60. The van der Waals surface area contributed by atoms with Crippen LogP contribution in [-0.2, 0) is 4.79 Å². The number of aliphatic imine (C=N–C) groups is 1. The van der Waals surface area contributed by atoms with Crippen LogP contribution >= 0.6 is 0 Å². The standard InChI is InChI=1S/C20H35N5O/c1-21-20(23-18-13-17(18)15-5-3-2-4-6-15)25-11-9-24(10-12-25)14-19(26)22-16-7-8-16/h15-18H,2-14H2,1H3,(H,21,23)(H,22,26). The van der Waals surface area contributed by atoms with Crippen molar-refractivity contribution in [1.82, 2.24) is 20.4 Å². The van der Waals surface area contributed by atoms with Crippen molar-refractivity contribution < 1.29 is 4.79 Å². The van der Waals surface area contributed by atoms with Gasteiger partial charge in [0.25, 0.3) is 0 Å². The Morgan fingerprint density at radius 3 is 2.38 bits per heavy atom. The van der Waals surface area contributed by atoms with E-state index in [1.807, 2.05) is 7.05 Å². The van der Waals surface area contributed by atoms with Gasteiger partial charge in [-0.1, -0.05) is 32.1 Å². The molecule has 1 saturated heterocycles. The van der Waals surface area contributed by atoms with Crippen LogP contribution < -0.4 is 10.6 Å². The Morgan fingerprint density at radius 1 is 1.00 bits per heavy atom. The Morgan fingerprint density at radius 2 is 1.73 bits per heavy atom. The summed E-state index contributed by atoms with van der Waals surface area (Å²) in [5, 5.41) is 6.81. The van der Waals surface area contributed by atoms with E-state index in [-0.39, 0.29) is 5.91 Å². The molecule has 0 radical (unpaired) electrons. The second kappa shape index (κ2) is 8.15. The number of nitrogens with one attached hydrogen (secondary N) is 2. The zero-order valence-electron chi connectivity index (χ0n) is 16.3. The topological polar surface area (TPSA) is 60.0 Å². The first-order chi connectivity index (χ1) is 12.7. The van der Waals surface area contributed by atoms with E-state index >= 15 is 0 Å². The summed E-state index contributed by atoms with van der Waals surface area (Å²) in [6, 6.07) is 1.10. The molecule has 0 spiro atoms. The lowest BCUT2D eigenvalue weighted by Gasteiger charge is -2.36. The minimum Gasteiger partial charge on any atom is -0.353 e. The monoisotopic (exact) mass is 361 g/mol. The van der Waals surface area contributed by atoms with Gasteiger partial charge in [0.15, 0.2) is 5.96 Å². The fourth-order valence-electron chi connectivity index (χ4n) is 4.75. The average Bonchev–Trinajstić information content (AvgIpc) is 3.58. The number of carbonyl (C=O) groups excluding carboxylic acids is 1. The molecule has 0 bridgehead atoms. The zero-order chi connectivity index (χ0) is 17.9. The quantitative estimate of drug-likeness (QED) is 0.574. The van der Waals surface area contributed by atoms with Crippen LogP contribution in [0.15, 0.2) is 4.99 Å². The first-order valence-corrected chi connectivity index (χ1v) is 10.7. The van der Waals surface area contributed by atoms with Gasteiger partial charge in [0.05, 0.1) is 6.54 Å². The first-order valence-electron chi connectivity index (χ1n) is 10.7. The van der Waals surface area contributed by atoms with Crippen molar-refractivity contribution in [1.29, 1.82) is 0 Å². The highest BCUT2D eigenvalue weighted by Crippen LogP contribution is 2.44. The average molecular weight is 362 g/mol. The molecule has 26 heavy (non-hydrogen) atoms. The molecule has 146 valence electrons. The van der Waals surface area contributed by atoms with Gasteiger partial charge in [-0.15, -0.1) is 0 Å². The third kappa shape index (κ3) is 4.70. The van der Waals surface area contributed by atoms with Crippen molar-refractivity contribution in [2.45, 2.75) is 63.5 Å². The van der Waals surface area contributed by atoms with E-state index in [0.29, 0.717) is 18.6 Å². The van der Waals surface area contributed by atoms with E-state index in [0.717, 1.165) is 56.8 Å². The Hall–Kier alpha value is -1.30. The summed E-state index contributed by atoms with van der Waals surface area (Å²) >= 11 is 0. The third-order valence-corrected chi connectivity index (χ3v) is 6.60. The van der Waals surface area contributed by atoms with E-state index in [9.17, 15) is 4.79 Å². The molecule has 4 aliphatic rings. The predicted octanol–water partition coefficient (Wildman–Crippen LogP) is 1.43. The minimum absolute atomic E-state index is 0.191. The second-order valence-corrected chi connectivity index (χ2v) is 8.70. The number of hydrogen-bond donors (Lipinski definition) is 2. The van der Waals surface area contributed by atoms with Gasteiger partial charge in [0.2, 0.25) is 5.91 Å². The van der Waals surface area contributed by atoms with Crippen LogP contribution in [0, 0.1) is 11.8 Å². The lowest BCUT2D eigenvalue weighted by atomic mass is 9.85. The van der Waals surface area contributed by atoms with Gasteiger partial charge in [-0.05, 0) is 31.1 Å². The summed E-state index contributed by atoms with van der Waals surface area (Å²) in [6.07, 6.45) is 10.8. The van der Waals surface area contributed by atoms with Crippen LogP contribution in [-0.4, -0.2) is 73.5 Å². The number of rotatable bonds is 5. The molecule has 1 heterocycles. The number of nitrogens with zero attached hydrogens (tertiary/aromatic N) is 3. The van der Waals surface area contributed by atoms with Crippen LogP contribution in [0.1, 0.15) is 51.4 Å². The highest BCUT2D eigenvalue weighted by molar-refractivity contribution is 5.81. The molecule has 2 unspecified atom stereocenters. The normalized spacial score (nSPS) is 31.0. The molecular formula is C20H35N5O. The Labute approximate surface area is 157 Å². The van der Waals surface area contributed by atoms with E-state index in [4.69, 9.17) is 0 Å². The van der Waals surface area contributed by atoms with Gasteiger partial charge in [-0.2, -0.15) is 0 Å². The molecule has 6 nitrogen and oxygen atoms in total. The van der Waals surface area contributed by atoms with Crippen molar-refractivity contribution in [3.05, 3.63) is 0 Å². The fourth-order valence-corrected chi connectivity index (χ4v) is 4.75. The number of carbonyl (C=O) groups is 1. The summed E-state index contributed by atoms with van der Waals surface area (Å²) in [7, 11) is 1.90. The molecule has 0 aromatic rings. The van der Waals surface area contributed by atoms with Gasteiger partial charge in [-0.25, -0.2) is 0 Å². The van der Waals surface area contributed by atoms with E-state index in [1.165, 1.54) is 38.5 Å². The molecular weight excluding hydrogens is 326 g/mol. The lowest BCUT2D eigenvalue weighted by Crippen LogP contribution is -2.54. The van der Waals surface area contributed by atoms with Crippen molar-refractivity contribution in [2.75, 3.05) is 39.8 Å². The maximum Gasteiger partial charge on any atom is 0.234 e. The van der Waals surface area contributed by atoms with Crippen LogP contribution in [0.4, 0.5) is 0 Å². The number of piperazine rings is 1. The zero-order valence-corrected chi connectivity index (χ0v) is 16.3. The Kier molecular flexibility index (Phi) is 5.67. The molecule has 1 aliphatic heterocycles. The molecule has 1 amide bonds. The SMILES string of the molecule is CN=C(NC1CC1C1CCCCC1)N1CCN(CC(=O)NC2CC2)CC1. The van der Waals surface area contributed by atoms with Crippen molar-refractivity contribution >= 4 is 11.9 Å². The summed E-state index contributed by atoms with van der Waals surface area (Å²) in [5.74, 6) is 3.08. The molecule has 6 heteroatoms. The van der Waals surface area contributed by atoms with Gasteiger partial charge < -0.3 is 15.5 Å². The maximum atomic E-state index is 12.0. The molecule has 3 saturated carbocycles. The summed E-state index contributed by atoms with van der Waals surface area (Å²) in [5.41, 5.74) is 0.